The predicted molar refractivity (Wildman–Crippen MR) is 58.3 cm³/mol. The lowest BCUT2D eigenvalue weighted by atomic mass is 10.0. The SMILES string of the molecule is CC(C)C(CN(C)C)NC[C@H](O)CO. The minimum absolute atomic E-state index is 0.181. The van der Waals surface area contributed by atoms with Gasteiger partial charge in [0.1, 0.15) is 0 Å². The molecule has 14 heavy (non-hydrogen) atoms. The van der Waals surface area contributed by atoms with Crippen molar-refractivity contribution < 1.29 is 10.2 Å². The Hall–Kier alpha value is -0.160. The molecule has 0 aromatic heterocycles. The third kappa shape index (κ3) is 6.32. The molecule has 0 aromatic rings. The maximum absolute atomic E-state index is 9.20. The predicted octanol–water partition coefficient (Wildman–Crippen LogP) is -0.485. The second-order valence-electron chi connectivity index (χ2n) is 4.36. The Kier molecular flexibility index (Phi) is 7.09. The van der Waals surface area contributed by atoms with Crippen molar-refractivity contribution >= 4 is 0 Å². The summed E-state index contributed by atoms with van der Waals surface area (Å²) in [4.78, 5) is 2.11. The summed E-state index contributed by atoms with van der Waals surface area (Å²) in [7, 11) is 4.05. The number of nitrogens with one attached hydrogen (secondary N) is 1. The van der Waals surface area contributed by atoms with E-state index in [0.717, 1.165) is 6.54 Å². The summed E-state index contributed by atoms with van der Waals surface area (Å²) in [5.74, 6) is 0.517. The standard InChI is InChI=1S/C10H24N2O2/c1-8(2)10(6-12(3)4)11-5-9(14)7-13/h8-11,13-14H,5-7H2,1-4H3/t9-,10?/m0/s1. The number of nitrogens with zero attached hydrogens (tertiary/aromatic N) is 1. The smallest absolute Gasteiger partial charge is 0.0895 e. The topological polar surface area (TPSA) is 55.7 Å². The summed E-state index contributed by atoms with van der Waals surface area (Å²) in [6, 6.07) is 0.353. The quantitative estimate of drug-likeness (QED) is 0.524. The van der Waals surface area contributed by atoms with Crippen LogP contribution in [-0.2, 0) is 0 Å². The van der Waals surface area contributed by atoms with Crippen LogP contribution in [0, 0.1) is 5.92 Å². The van der Waals surface area contributed by atoms with Crippen LogP contribution >= 0.6 is 0 Å². The summed E-state index contributed by atoms with van der Waals surface area (Å²) in [6.07, 6.45) is -0.654. The second kappa shape index (κ2) is 7.17. The fraction of sp³-hybridized carbons (Fsp3) is 1.00. The molecule has 1 unspecified atom stereocenters. The zero-order valence-electron chi connectivity index (χ0n) is 9.70. The number of rotatable bonds is 7. The highest BCUT2D eigenvalue weighted by Gasteiger charge is 2.14. The van der Waals surface area contributed by atoms with Crippen molar-refractivity contribution in [1.82, 2.24) is 10.2 Å². The first-order chi connectivity index (χ1) is 6.47. The lowest BCUT2D eigenvalue weighted by Crippen LogP contribution is -2.45. The van der Waals surface area contributed by atoms with Crippen molar-refractivity contribution in [2.75, 3.05) is 33.8 Å². The van der Waals surface area contributed by atoms with Crippen molar-refractivity contribution in [3.05, 3.63) is 0 Å². The van der Waals surface area contributed by atoms with Crippen LogP contribution in [0.3, 0.4) is 0 Å². The Balaban J connectivity index is 3.85. The summed E-state index contributed by atoms with van der Waals surface area (Å²) < 4.78 is 0. The van der Waals surface area contributed by atoms with Crippen molar-refractivity contribution in [3.8, 4) is 0 Å². The molecule has 3 N–H and O–H groups in total. The number of likely N-dealkylation sites (N-methyl/N-ethyl adjacent to an activating group) is 1. The van der Waals surface area contributed by atoms with E-state index in [9.17, 15) is 5.11 Å². The van der Waals surface area contributed by atoms with E-state index in [1.807, 2.05) is 14.1 Å². The molecule has 0 aliphatic heterocycles. The van der Waals surface area contributed by atoms with Crippen LogP contribution in [0.5, 0.6) is 0 Å². The van der Waals surface area contributed by atoms with Gasteiger partial charge >= 0.3 is 0 Å². The van der Waals surface area contributed by atoms with Gasteiger partial charge in [0.15, 0.2) is 0 Å². The van der Waals surface area contributed by atoms with Crippen LogP contribution in [0.25, 0.3) is 0 Å². The van der Waals surface area contributed by atoms with E-state index in [1.165, 1.54) is 0 Å². The summed E-state index contributed by atoms with van der Waals surface area (Å²) in [5.41, 5.74) is 0. The van der Waals surface area contributed by atoms with E-state index >= 15 is 0 Å². The van der Waals surface area contributed by atoms with Gasteiger partial charge < -0.3 is 20.4 Å². The average molecular weight is 204 g/mol. The zero-order valence-corrected chi connectivity index (χ0v) is 9.70. The molecule has 0 aliphatic carbocycles. The van der Waals surface area contributed by atoms with Crippen molar-refractivity contribution in [2.24, 2.45) is 5.92 Å². The highest BCUT2D eigenvalue weighted by Crippen LogP contribution is 2.02. The first kappa shape index (κ1) is 13.8. The van der Waals surface area contributed by atoms with Gasteiger partial charge in [0, 0.05) is 19.1 Å². The van der Waals surface area contributed by atoms with Crippen LogP contribution in [-0.4, -0.2) is 61.1 Å². The van der Waals surface area contributed by atoms with E-state index in [1.54, 1.807) is 0 Å². The lowest BCUT2D eigenvalue weighted by molar-refractivity contribution is 0.0886. The van der Waals surface area contributed by atoms with Gasteiger partial charge in [-0.3, -0.25) is 0 Å². The summed E-state index contributed by atoms with van der Waals surface area (Å²) in [5, 5.41) is 21.1. The Labute approximate surface area is 86.9 Å². The molecule has 0 aromatic carbocycles. The van der Waals surface area contributed by atoms with Crippen LogP contribution in [0.2, 0.25) is 0 Å². The molecule has 4 nitrogen and oxygen atoms in total. The molecule has 0 aliphatic rings. The Morgan fingerprint density at radius 1 is 1.29 bits per heavy atom. The number of hydrogen-bond acceptors (Lipinski definition) is 4. The van der Waals surface area contributed by atoms with Crippen molar-refractivity contribution in [1.29, 1.82) is 0 Å². The molecule has 0 rings (SSSR count). The van der Waals surface area contributed by atoms with Crippen LogP contribution < -0.4 is 5.32 Å². The first-order valence-electron chi connectivity index (χ1n) is 5.14. The van der Waals surface area contributed by atoms with E-state index in [-0.39, 0.29) is 6.61 Å². The molecule has 0 bridgehead atoms. The molecule has 0 saturated carbocycles. The largest absolute Gasteiger partial charge is 0.394 e. The van der Waals surface area contributed by atoms with Gasteiger partial charge in [-0.25, -0.2) is 0 Å². The molecule has 0 amide bonds. The van der Waals surface area contributed by atoms with Crippen LogP contribution in [0.4, 0.5) is 0 Å². The monoisotopic (exact) mass is 204 g/mol. The Morgan fingerprint density at radius 2 is 1.86 bits per heavy atom. The third-order valence-corrected chi connectivity index (χ3v) is 2.19. The molecule has 2 atom stereocenters. The lowest BCUT2D eigenvalue weighted by Gasteiger charge is -2.26. The van der Waals surface area contributed by atoms with E-state index < -0.39 is 6.10 Å². The molecular weight excluding hydrogens is 180 g/mol. The van der Waals surface area contributed by atoms with Crippen molar-refractivity contribution in [2.45, 2.75) is 26.0 Å². The maximum Gasteiger partial charge on any atom is 0.0895 e. The fourth-order valence-corrected chi connectivity index (χ4v) is 1.26. The van der Waals surface area contributed by atoms with Gasteiger partial charge in [0.05, 0.1) is 12.7 Å². The highest BCUT2D eigenvalue weighted by molar-refractivity contribution is 4.74. The van der Waals surface area contributed by atoms with Crippen LogP contribution in [0.15, 0.2) is 0 Å². The summed E-state index contributed by atoms with van der Waals surface area (Å²) >= 11 is 0. The van der Waals surface area contributed by atoms with Gasteiger partial charge in [0.25, 0.3) is 0 Å². The second-order valence-corrected chi connectivity index (χ2v) is 4.36. The normalized spacial score (nSPS) is 16.3. The molecule has 0 spiro atoms. The van der Waals surface area contributed by atoms with Gasteiger partial charge in [-0.15, -0.1) is 0 Å². The van der Waals surface area contributed by atoms with E-state index in [2.05, 4.69) is 24.1 Å². The van der Waals surface area contributed by atoms with Gasteiger partial charge in [-0.1, -0.05) is 13.8 Å². The summed E-state index contributed by atoms with van der Waals surface area (Å²) in [6.45, 7) is 5.50. The molecule has 0 fully saturated rings. The molecular formula is C10H24N2O2. The third-order valence-electron chi connectivity index (χ3n) is 2.19. The molecule has 4 heteroatoms. The van der Waals surface area contributed by atoms with E-state index in [4.69, 9.17) is 5.11 Å². The fourth-order valence-electron chi connectivity index (χ4n) is 1.26. The first-order valence-corrected chi connectivity index (χ1v) is 5.14. The van der Waals surface area contributed by atoms with Crippen molar-refractivity contribution in [3.63, 3.8) is 0 Å². The number of hydrogen-bond donors (Lipinski definition) is 3. The number of aliphatic hydroxyl groups is 2. The minimum atomic E-state index is -0.654. The molecule has 86 valence electrons. The molecule has 0 radical (unpaired) electrons. The Bertz CT molecular complexity index is 140. The Morgan fingerprint density at radius 3 is 2.21 bits per heavy atom. The number of aliphatic hydroxyl groups excluding tert-OH is 2. The zero-order chi connectivity index (χ0) is 11.1. The average Bonchev–Trinajstić information content (AvgIpc) is 2.10. The molecule has 0 saturated heterocycles. The van der Waals surface area contributed by atoms with Gasteiger partial charge in [0.2, 0.25) is 0 Å². The minimum Gasteiger partial charge on any atom is -0.394 e. The van der Waals surface area contributed by atoms with Crippen LogP contribution in [0.1, 0.15) is 13.8 Å². The highest BCUT2D eigenvalue weighted by atomic mass is 16.3. The molecule has 0 heterocycles. The van der Waals surface area contributed by atoms with E-state index in [0.29, 0.717) is 18.5 Å². The maximum atomic E-state index is 9.20. The van der Waals surface area contributed by atoms with Gasteiger partial charge in [-0.2, -0.15) is 0 Å². The van der Waals surface area contributed by atoms with Gasteiger partial charge in [-0.05, 0) is 20.0 Å².